The molecule has 0 bridgehead atoms. The number of likely N-dealkylation sites (tertiary alicyclic amines) is 1. The van der Waals surface area contributed by atoms with Crippen LogP contribution in [0.5, 0.6) is 0 Å². The van der Waals surface area contributed by atoms with Crippen molar-refractivity contribution < 1.29 is 4.79 Å². The highest BCUT2D eigenvalue weighted by Crippen LogP contribution is 2.19. The molecule has 134 valence electrons. The zero-order chi connectivity index (χ0) is 17.6. The summed E-state index contributed by atoms with van der Waals surface area (Å²) in [5.41, 5.74) is 0.947. The fourth-order valence-corrected chi connectivity index (χ4v) is 3.85. The molecular weight excluding hydrogens is 336 g/mol. The van der Waals surface area contributed by atoms with Crippen molar-refractivity contribution in [2.24, 2.45) is 5.92 Å². The molecule has 0 radical (unpaired) electrons. The van der Waals surface area contributed by atoms with E-state index >= 15 is 0 Å². The third-order valence-electron chi connectivity index (χ3n) is 4.65. The monoisotopic (exact) mass is 360 g/mol. The molecule has 1 aliphatic heterocycles. The van der Waals surface area contributed by atoms with Gasteiger partial charge in [0.2, 0.25) is 5.91 Å². The number of nitrogens with zero attached hydrogens (tertiary/aromatic N) is 3. The molecule has 0 spiro atoms. The van der Waals surface area contributed by atoms with Crippen LogP contribution in [0, 0.1) is 5.92 Å². The number of aryl methyl sites for hydroxylation is 1. The summed E-state index contributed by atoms with van der Waals surface area (Å²) in [7, 11) is 0. The number of carbonyl (C=O) groups excluding carboxylic acids is 1. The number of aromatic amines is 1. The second kappa shape index (κ2) is 8.38. The number of H-pyrrole nitrogens is 1. The van der Waals surface area contributed by atoms with Gasteiger partial charge in [-0.05, 0) is 30.7 Å². The Hall–Kier alpha value is -2.02. The van der Waals surface area contributed by atoms with Crippen LogP contribution in [-0.4, -0.2) is 44.4 Å². The van der Waals surface area contributed by atoms with Crippen LogP contribution in [0.2, 0.25) is 0 Å². The Morgan fingerprint density at radius 2 is 2.00 bits per heavy atom. The predicted octanol–water partition coefficient (Wildman–Crippen LogP) is 2.16. The van der Waals surface area contributed by atoms with Gasteiger partial charge in [-0.2, -0.15) is 0 Å². The fourth-order valence-electron chi connectivity index (χ4n) is 2.97. The van der Waals surface area contributed by atoms with Gasteiger partial charge in [0.25, 0.3) is 0 Å². The van der Waals surface area contributed by atoms with E-state index in [9.17, 15) is 9.59 Å². The summed E-state index contributed by atoms with van der Waals surface area (Å²) in [6.45, 7) is 4.45. The Morgan fingerprint density at radius 3 is 2.72 bits per heavy atom. The van der Waals surface area contributed by atoms with Gasteiger partial charge in [0.05, 0.1) is 5.75 Å². The van der Waals surface area contributed by atoms with Crippen molar-refractivity contribution in [2.45, 2.75) is 37.9 Å². The largest absolute Gasteiger partial charge is 0.343 e. The quantitative estimate of drug-likeness (QED) is 0.802. The molecule has 0 saturated carbocycles. The summed E-state index contributed by atoms with van der Waals surface area (Å²) in [5, 5.41) is 7.15. The van der Waals surface area contributed by atoms with Gasteiger partial charge in [-0.15, -0.1) is 5.10 Å². The van der Waals surface area contributed by atoms with Gasteiger partial charge in [0, 0.05) is 19.6 Å². The lowest BCUT2D eigenvalue weighted by Crippen LogP contribution is -2.39. The molecule has 1 aromatic carbocycles. The van der Waals surface area contributed by atoms with Crippen molar-refractivity contribution in [3.05, 3.63) is 46.4 Å². The number of thioether (sulfide) groups is 1. The number of aromatic nitrogens is 3. The number of piperidine rings is 1. The zero-order valence-electron chi connectivity index (χ0n) is 14.5. The number of amides is 1. The van der Waals surface area contributed by atoms with Crippen molar-refractivity contribution in [1.82, 2.24) is 19.7 Å². The first-order valence-corrected chi connectivity index (χ1v) is 9.72. The Morgan fingerprint density at radius 1 is 1.28 bits per heavy atom. The van der Waals surface area contributed by atoms with E-state index in [2.05, 4.69) is 17.1 Å². The third kappa shape index (κ3) is 4.75. The standard InChI is InChI=1S/C18H24N4O2S/c1-14-7-10-21(11-8-14)16(23)13-25-18-20-19-17(24)22(18)12-9-15-5-3-2-4-6-15/h2-6,14H,7-13H2,1H3,(H,19,24). The van der Waals surface area contributed by atoms with E-state index in [1.807, 2.05) is 35.2 Å². The summed E-state index contributed by atoms with van der Waals surface area (Å²) >= 11 is 1.33. The van der Waals surface area contributed by atoms with Crippen LogP contribution in [0.3, 0.4) is 0 Å². The molecular formula is C18H24N4O2S. The van der Waals surface area contributed by atoms with Crippen LogP contribution in [-0.2, 0) is 17.8 Å². The molecule has 25 heavy (non-hydrogen) atoms. The Balaban J connectivity index is 1.56. The van der Waals surface area contributed by atoms with E-state index in [4.69, 9.17) is 0 Å². The van der Waals surface area contributed by atoms with Gasteiger partial charge >= 0.3 is 5.69 Å². The highest BCUT2D eigenvalue weighted by atomic mass is 32.2. The summed E-state index contributed by atoms with van der Waals surface area (Å²) in [6, 6.07) is 10.0. The maximum absolute atomic E-state index is 12.4. The lowest BCUT2D eigenvalue weighted by atomic mass is 9.99. The van der Waals surface area contributed by atoms with Crippen LogP contribution in [0.25, 0.3) is 0 Å². The number of rotatable bonds is 6. The SMILES string of the molecule is CC1CCN(C(=O)CSc2n[nH]c(=O)n2CCc2ccccc2)CC1. The lowest BCUT2D eigenvalue weighted by molar-refractivity contribution is -0.129. The molecule has 3 rings (SSSR count). The van der Waals surface area contributed by atoms with Crippen LogP contribution >= 0.6 is 11.8 Å². The van der Waals surface area contributed by atoms with E-state index in [1.165, 1.54) is 17.3 Å². The van der Waals surface area contributed by atoms with Crippen molar-refractivity contribution in [2.75, 3.05) is 18.8 Å². The molecule has 2 heterocycles. The van der Waals surface area contributed by atoms with Gasteiger partial charge in [-0.1, -0.05) is 49.0 Å². The molecule has 0 aliphatic carbocycles. The van der Waals surface area contributed by atoms with Crippen molar-refractivity contribution >= 4 is 17.7 Å². The zero-order valence-corrected chi connectivity index (χ0v) is 15.3. The maximum atomic E-state index is 12.4. The molecule has 7 heteroatoms. The third-order valence-corrected chi connectivity index (χ3v) is 5.61. The molecule has 2 aromatic rings. The highest BCUT2D eigenvalue weighted by molar-refractivity contribution is 7.99. The minimum atomic E-state index is -0.224. The second-order valence-corrected chi connectivity index (χ2v) is 7.49. The molecule has 1 fully saturated rings. The first kappa shape index (κ1) is 17.8. The molecule has 0 atom stereocenters. The van der Waals surface area contributed by atoms with Gasteiger partial charge in [0.15, 0.2) is 5.16 Å². The van der Waals surface area contributed by atoms with Crippen molar-refractivity contribution in [1.29, 1.82) is 0 Å². The van der Waals surface area contributed by atoms with Gasteiger partial charge in [-0.25, -0.2) is 9.89 Å². The van der Waals surface area contributed by atoms with Crippen molar-refractivity contribution in [3.8, 4) is 0 Å². The van der Waals surface area contributed by atoms with Crippen molar-refractivity contribution in [3.63, 3.8) is 0 Å². The van der Waals surface area contributed by atoms with Crippen LogP contribution < -0.4 is 5.69 Å². The number of carbonyl (C=O) groups is 1. The molecule has 6 nitrogen and oxygen atoms in total. The molecule has 0 unspecified atom stereocenters. The Labute approximate surface area is 151 Å². The Kier molecular flexibility index (Phi) is 5.96. The number of nitrogens with one attached hydrogen (secondary N) is 1. The molecule has 1 amide bonds. The fraction of sp³-hybridized carbons (Fsp3) is 0.500. The summed E-state index contributed by atoms with van der Waals surface area (Å²) < 4.78 is 1.61. The summed E-state index contributed by atoms with van der Waals surface area (Å²) in [5.74, 6) is 1.15. The molecule has 1 aromatic heterocycles. The number of benzene rings is 1. The van der Waals surface area contributed by atoms with Gasteiger partial charge in [0.1, 0.15) is 0 Å². The first-order valence-electron chi connectivity index (χ1n) is 8.73. The van der Waals surface area contributed by atoms with Crippen LogP contribution in [0.15, 0.2) is 40.3 Å². The number of hydrogen-bond acceptors (Lipinski definition) is 4. The average molecular weight is 360 g/mol. The second-order valence-electron chi connectivity index (χ2n) is 6.55. The van der Waals surface area contributed by atoms with Gasteiger partial charge in [-0.3, -0.25) is 9.36 Å². The normalized spacial score (nSPS) is 15.5. The maximum Gasteiger partial charge on any atom is 0.343 e. The Bertz CT molecular complexity index is 748. The van der Waals surface area contributed by atoms with E-state index in [0.29, 0.717) is 23.4 Å². The molecule has 1 saturated heterocycles. The van der Waals surface area contributed by atoms with Crippen LogP contribution in [0.1, 0.15) is 25.3 Å². The first-order chi connectivity index (χ1) is 12.1. The average Bonchev–Trinajstić information content (AvgIpc) is 2.99. The predicted molar refractivity (Wildman–Crippen MR) is 98.7 cm³/mol. The highest BCUT2D eigenvalue weighted by Gasteiger charge is 2.21. The molecule has 1 N–H and O–H groups in total. The smallest absolute Gasteiger partial charge is 0.342 e. The van der Waals surface area contributed by atoms with E-state index in [1.54, 1.807) is 4.57 Å². The van der Waals surface area contributed by atoms with E-state index < -0.39 is 0 Å². The summed E-state index contributed by atoms with van der Waals surface area (Å²) in [6.07, 6.45) is 2.90. The van der Waals surface area contributed by atoms with E-state index in [0.717, 1.165) is 32.4 Å². The van der Waals surface area contributed by atoms with E-state index in [-0.39, 0.29) is 11.6 Å². The minimum Gasteiger partial charge on any atom is -0.342 e. The minimum absolute atomic E-state index is 0.127. The molecule has 1 aliphatic rings. The topological polar surface area (TPSA) is 71.0 Å². The summed E-state index contributed by atoms with van der Waals surface area (Å²) in [4.78, 5) is 26.3. The van der Waals surface area contributed by atoms with Crippen LogP contribution in [0.4, 0.5) is 0 Å². The van der Waals surface area contributed by atoms with Gasteiger partial charge < -0.3 is 4.90 Å². The lowest BCUT2D eigenvalue weighted by Gasteiger charge is -2.30. The number of hydrogen-bond donors (Lipinski definition) is 1.